The molecule has 0 amide bonds. The lowest BCUT2D eigenvalue weighted by atomic mass is 10.1. The Balaban J connectivity index is 2.11. The molecule has 1 heterocycles. The predicted molar refractivity (Wildman–Crippen MR) is 63.5 cm³/mol. The summed E-state index contributed by atoms with van der Waals surface area (Å²) in [5, 5.41) is 9.36. The van der Waals surface area contributed by atoms with Gasteiger partial charge in [-0.3, -0.25) is 4.90 Å². The summed E-state index contributed by atoms with van der Waals surface area (Å²) in [5.74, 6) is -0.377. The van der Waals surface area contributed by atoms with Gasteiger partial charge in [0.1, 0.15) is 5.82 Å². The molecule has 1 atom stereocenters. The van der Waals surface area contributed by atoms with Crippen LogP contribution in [-0.4, -0.2) is 42.4 Å². The molecule has 17 heavy (non-hydrogen) atoms. The second kappa shape index (κ2) is 5.78. The topological polar surface area (TPSA) is 32.7 Å². The normalized spacial score (nSPS) is 21.7. The SMILES string of the molecule is OCC1COCCN1Cc1cccc(Cl)c1F. The zero-order valence-electron chi connectivity index (χ0n) is 9.40. The highest BCUT2D eigenvalue weighted by molar-refractivity contribution is 6.30. The highest BCUT2D eigenvalue weighted by Gasteiger charge is 2.23. The van der Waals surface area contributed by atoms with Gasteiger partial charge in [-0.15, -0.1) is 0 Å². The van der Waals surface area contributed by atoms with Crippen LogP contribution < -0.4 is 0 Å². The maximum absolute atomic E-state index is 13.7. The van der Waals surface area contributed by atoms with Crippen molar-refractivity contribution in [2.24, 2.45) is 0 Å². The minimum atomic E-state index is -0.377. The molecule has 1 unspecified atom stereocenters. The van der Waals surface area contributed by atoms with Crippen LogP contribution in [0.3, 0.4) is 0 Å². The van der Waals surface area contributed by atoms with Crippen LogP contribution >= 0.6 is 11.6 Å². The van der Waals surface area contributed by atoms with Gasteiger partial charge in [-0.1, -0.05) is 23.7 Å². The number of benzene rings is 1. The summed E-state index contributed by atoms with van der Waals surface area (Å²) < 4.78 is 19.0. The first-order chi connectivity index (χ1) is 8.22. The number of aliphatic hydroxyl groups is 1. The molecule has 0 aromatic heterocycles. The van der Waals surface area contributed by atoms with Crippen LogP contribution in [0.15, 0.2) is 18.2 Å². The Bertz CT molecular complexity index is 389. The van der Waals surface area contributed by atoms with E-state index in [1.807, 2.05) is 4.90 Å². The Morgan fingerprint density at radius 2 is 2.35 bits per heavy atom. The first kappa shape index (κ1) is 12.8. The molecule has 1 fully saturated rings. The van der Waals surface area contributed by atoms with Crippen LogP contribution in [0, 0.1) is 5.82 Å². The molecule has 1 saturated heterocycles. The van der Waals surface area contributed by atoms with Crippen LogP contribution in [0.2, 0.25) is 5.02 Å². The van der Waals surface area contributed by atoms with Crippen molar-refractivity contribution in [1.29, 1.82) is 0 Å². The van der Waals surface area contributed by atoms with Crippen molar-refractivity contribution in [3.63, 3.8) is 0 Å². The Morgan fingerprint density at radius 1 is 1.53 bits per heavy atom. The highest BCUT2D eigenvalue weighted by Crippen LogP contribution is 2.20. The highest BCUT2D eigenvalue weighted by atomic mass is 35.5. The van der Waals surface area contributed by atoms with Gasteiger partial charge < -0.3 is 9.84 Å². The van der Waals surface area contributed by atoms with Gasteiger partial charge in [0, 0.05) is 18.7 Å². The largest absolute Gasteiger partial charge is 0.395 e. The molecule has 1 aromatic rings. The van der Waals surface area contributed by atoms with E-state index in [1.165, 1.54) is 6.07 Å². The second-order valence-electron chi connectivity index (χ2n) is 4.09. The van der Waals surface area contributed by atoms with Crippen molar-refractivity contribution >= 4 is 11.6 Å². The number of aliphatic hydroxyl groups excluding tert-OH is 1. The lowest BCUT2D eigenvalue weighted by molar-refractivity contribution is -0.0316. The minimum absolute atomic E-state index is 0.0161. The molecule has 0 aliphatic carbocycles. The molecular weight excluding hydrogens is 245 g/mol. The molecular formula is C12H15ClFNO2. The van der Waals surface area contributed by atoms with Crippen LogP contribution in [-0.2, 0) is 11.3 Å². The number of rotatable bonds is 3. The van der Waals surface area contributed by atoms with Crippen molar-refractivity contribution < 1.29 is 14.2 Å². The fourth-order valence-corrected chi connectivity index (χ4v) is 2.15. The van der Waals surface area contributed by atoms with Crippen LogP contribution in [0.4, 0.5) is 4.39 Å². The van der Waals surface area contributed by atoms with Crippen molar-refractivity contribution in [1.82, 2.24) is 4.90 Å². The predicted octanol–water partition coefficient (Wildman–Crippen LogP) is 1.67. The molecule has 0 spiro atoms. The van der Waals surface area contributed by atoms with E-state index in [4.69, 9.17) is 16.3 Å². The molecule has 5 heteroatoms. The van der Waals surface area contributed by atoms with Gasteiger partial charge in [0.15, 0.2) is 0 Å². The molecule has 2 rings (SSSR count). The molecule has 1 aliphatic rings. The third-order valence-corrected chi connectivity index (χ3v) is 3.26. The Kier molecular flexibility index (Phi) is 4.34. The van der Waals surface area contributed by atoms with Crippen molar-refractivity contribution in [2.75, 3.05) is 26.4 Å². The summed E-state index contributed by atoms with van der Waals surface area (Å²) in [4.78, 5) is 2.01. The average Bonchev–Trinajstić information content (AvgIpc) is 2.35. The summed E-state index contributed by atoms with van der Waals surface area (Å²) in [5.41, 5.74) is 0.554. The number of nitrogens with zero attached hydrogens (tertiary/aromatic N) is 1. The van der Waals surface area contributed by atoms with E-state index >= 15 is 0 Å². The summed E-state index contributed by atoms with van der Waals surface area (Å²) in [6.07, 6.45) is 0. The van der Waals surface area contributed by atoms with Gasteiger partial charge in [-0.2, -0.15) is 0 Å². The van der Waals surface area contributed by atoms with Gasteiger partial charge >= 0.3 is 0 Å². The quantitative estimate of drug-likeness (QED) is 0.896. The number of halogens is 2. The number of ether oxygens (including phenoxy) is 1. The molecule has 3 nitrogen and oxygen atoms in total. The maximum Gasteiger partial charge on any atom is 0.146 e. The zero-order chi connectivity index (χ0) is 12.3. The van der Waals surface area contributed by atoms with Crippen molar-refractivity contribution in [3.05, 3.63) is 34.6 Å². The molecule has 0 saturated carbocycles. The van der Waals surface area contributed by atoms with E-state index in [9.17, 15) is 9.50 Å². The summed E-state index contributed by atoms with van der Waals surface area (Å²) in [7, 11) is 0. The lowest BCUT2D eigenvalue weighted by Crippen LogP contribution is -2.46. The minimum Gasteiger partial charge on any atom is -0.395 e. The summed E-state index contributed by atoms with van der Waals surface area (Å²) >= 11 is 5.73. The van der Waals surface area contributed by atoms with E-state index < -0.39 is 0 Å². The monoisotopic (exact) mass is 259 g/mol. The summed E-state index contributed by atoms with van der Waals surface area (Å²) in [6, 6.07) is 4.91. The average molecular weight is 260 g/mol. The molecule has 1 N–H and O–H groups in total. The van der Waals surface area contributed by atoms with E-state index in [0.717, 1.165) is 0 Å². The van der Waals surface area contributed by atoms with Gasteiger partial charge in [-0.05, 0) is 6.07 Å². The smallest absolute Gasteiger partial charge is 0.146 e. The van der Waals surface area contributed by atoms with Crippen LogP contribution in [0.1, 0.15) is 5.56 Å². The van der Waals surface area contributed by atoms with Crippen LogP contribution in [0.5, 0.6) is 0 Å². The Labute approximate surface area is 105 Å². The number of hydrogen-bond acceptors (Lipinski definition) is 3. The molecule has 1 aromatic carbocycles. The van der Waals surface area contributed by atoms with E-state index in [1.54, 1.807) is 12.1 Å². The van der Waals surface area contributed by atoms with Gasteiger partial charge in [-0.25, -0.2) is 4.39 Å². The zero-order valence-corrected chi connectivity index (χ0v) is 10.2. The second-order valence-corrected chi connectivity index (χ2v) is 4.50. The molecule has 94 valence electrons. The van der Waals surface area contributed by atoms with Gasteiger partial charge in [0.25, 0.3) is 0 Å². The lowest BCUT2D eigenvalue weighted by Gasteiger charge is -2.34. The standard InChI is InChI=1S/C12H15ClFNO2/c13-11-3-1-2-9(12(11)14)6-15-4-5-17-8-10(15)7-16/h1-3,10,16H,4-8H2. The van der Waals surface area contributed by atoms with E-state index in [0.29, 0.717) is 31.9 Å². The number of morpholine rings is 1. The first-order valence-electron chi connectivity index (χ1n) is 5.58. The van der Waals surface area contributed by atoms with Crippen molar-refractivity contribution in [3.8, 4) is 0 Å². The Hall–Kier alpha value is -0.680. The van der Waals surface area contributed by atoms with E-state index in [2.05, 4.69) is 0 Å². The van der Waals surface area contributed by atoms with E-state index in [-0.39, 0.29) is 23.5 Å². The fourth-order valence-electron chi connectivity index (χ4n) is 1.95. The van der Waals surface area contributed by atoms with Crippen LogP contribution in [0.25, 0.3) is 0 Å². The Morgan fingerprint density at radius 3 is 3.12 bits per heavy atom. The molecule has 1 aliphatic heterocycles. The van der Waals surface area contributed by atoms with Gasteiger partial charge in [0.05, 0.1) is 30.9 Å². The first-order valence-corrected chi connectivity index (χ1v) is 5.95. The third-order valence-electron chi connectivity index (χ3n) is 2.97. The summed E-state index contributed by atoms with van der Waals surface area (Å²) in [6.45, 7) is 2.25. The molecule has 0 radical (unpaired) electrons. The third kappa shape index (κ3) is 2.96. The molecule has 0 bridgehead atoms. The maximum atomic E-state index is 13.7. The van der Waals surface area contributed by atoms with Gasteiger partial charge in [0.2, 0.25) is 0 Å². The van der Waals surface area contributed by atoms with Crippen molar-refractivity contribution in [2.45, 2.75) is 12.6 Å². The fraction of sp³-hybridized carbons (Fsp3) is 0.500. The number of hydrogen-bond donors (Lipinski definition) is 1.